The third-order valence-corrected chi connectivity index (χ3v) is 3.11. The lowest BCUT2D eigenvalue weighted by Gasteiger charge is -2.13. The molecule has 0 amide bonds. The Labute approximate surface area is 97.3 Å². The third kappa shape index (κ3) is 3.46. The van der Waals surface area contributed by atoms with E-state index in [9.17, 15) is 4.79 Å². The molecular formula is C14H20O2. The second kappa shape index (κ2) is 5.80. The van der Waals surface area contributed by atoms with E-state index in [2.05, 4.69) is 32.0 Å². The van der Waals surface area contributed by atoms with Gasteiger partial charge in [-0.2, -0.15) is 0 Å². The van der Waals surface area contributed by atoms with Crippen molar-refractivity contribution in [3.05, 3.63) is 34.9 Å². The van der Waals surface area contributed by atoms with Gasteiger partial charge in [-0.15, -0.1) is 0 Å². The van der Waals surface area contributed by atoms with E-state index >= 15 is 0 Å². The van der Waals surface area contributed by atoms with Gasteiger partial charge in [-0.05, 0) is 50.3 Å². The summed E-state index contributed by atoms with van der Waals surface area (Å²) in [5.41, 5.74) is 3.70. The Morgan fingerprint density at radius 1 is 1.31 bits per heavy atom. The van der Waals surface area contributed by atoms with Crippen LogP contribution in [0.4, 0.5) is 0 Å². The second-order valence-corrected chi connectivity index (χ2v) is 4.44. The number of carbonyl (C=O) groups excluding carboxylic acids is 1. The predicted molar refractivity (Wildman–Crippen MR) is 65.5 cm³/mol. The van der Waals surface area contributed by atoms with Crippen molar-refractivity contribution in [2.45, 2.75) is 33.6 Å². The number of aliphatic hydroxyl groups is 1. The fourth-order valence-electron chi connectivity index (χ4n) is 1.82. The van der Waals surface area contributed by atoms with E-state index in [1.807, 2.05) is 0 Å². The van der Waals surface area contributed by atoms with Gasteiger partial charge in [-0.25, -0.2) is 0 Å². The van der Waals surface area contributed by atoms with Crippen LogP contribution in [0.3, 0.4) is 0 Å². The lowest BCUT2D eigenvalue weighted by molar-refractivity contribution is -0.121. The van der Waals surface area contributed by atoms with Gasteiger partial charge >= 0.3 is 0 Å². The number of ketones is 1. The van der Waals surface area contributed by atoms with Crippen LogP contribution in [0.2, 0.25) is 0 Å². The first-order valence-electron chi connectivity index (χ1n) is 5.72. The fraction of sp³-hybridized carbons (Fsp3) is 0.500. The Hall–Kier alpha value is -1.15. The summed E-state index contributed by atoms with van der Waals surface area (Å²) in [5, 5.41) is 8.91. The van der Waals surface area contributed by atoms with Gasteiger partial charge in [0.1, 0.15) is 5.78 Å². The Morgan fingerprint density at radius 3 is 2.50 bits per heavy atom. The zero-order valence-corrected chi connectivity index (χ0v) is 10.3. The molecule has 1 aromatic carbocycles. The van der Waals surface area contributed by atoms with Crippen LogP contribution in [0.15, 0.2) is 18.2 Å². The molecule has 0 aromatic heterocycles. The number of Topliss-reactive ketones (excluding diaryl/α,β-unsaturated/α-hetero) is 1. The molecule has 1 aromatic rings. The summed E-state index contributed by atoms with van der Waals surface area (Å²) < 4.78 is 0. The van der Waals surface area contributed by atoms with Gasteiger partial charge in [-0.1, -0.05) is 18.2 Å². The van der Waals surface area contributed by atoms with Crippen molar-refractivity contribution in [3.63, 3.8) is 0 Å². The summed E-state index contributed by atoms with van der Waals surface area (Å²) >= 11 is 0. The summed E-state index contributed by atoms with van der Waals surface area (Å²) in [6.07, 6.45) is 1.29. The van der Waals surface area contributed by atoms with Crippen LogP contribution in [-0.4, -0.2) is 17.5 Å². The minimum Gasteiger partial charge on any atom is -0.396 e. The topological polar surface area (TPSA) is 37.3 Å². The van der Waals surface area contributed by atoms with Crippen LogP contribution >= 0.6 is 0 Å². The second-order valence-electron chi connectivity index (χ2n) is 4.44. The van der Waals surface area contributed by atoms with Crippen LogP contribution in [-0.2, 0) is 11.2 Å². The van der Waals surface area contributed by atoms with E-state index < -0.39 is 0 Å². The van der Waals surface area contributed by atoms with E-state index in [1.54, 1.807) is 6.92 Å². The maximum atomic E-state index is 11.4. The van der Waals surface area contributed by atoms with E-state index in [0.717, 1.165) is 6.42 Å². The standard InChI is InChI=1S/C14H20O2/c1-10-4-5-13(8-11(10)2)9-14(6-7-15)12(3)16/h4-5,8,14-15H,6-7,9H2,1-3H3. The molecule has 0 aliphatic carbocycles. The zero-order valence-electron chi connectivity index (χ0n) is 10.3. The normalized spacial score (nSPS) is 12.5. The van der Waals surface area contributed by atoms with E-state index in [0.29, 0.717) is 6.42 Å². The zero-order chi connectivity index (χ0) is 12.1. The number of hydrogen-bond donors (Lipinski definition) is 1. The van der Waals surface area contributed by atoms with Crippen LogP contribution in [0.1, 0.15) is 30.0 Å². The molecule has 2 nitrogen and oxygen atoms in total. The minimum absolute atomic E-state index is 0.0490. The van der Waals surface area contributed by atoms with Crippen LogP contribution in [0.5, 0.6) is 0 Å². The largest absolute Gasteiger partial charge is 0.396 e. The van der Waals surface area contributed by atoms with Crippen LogP contribution in [0.25, 0.3) is 0 Å². The molecule has 2 heteroatoms. The lowest BCUT2D eigenvalue weighted by Crippen LogP contribution is -2.15. The molecule has 1 N–H and O–H groups in total. The molecule has 1 atom stereocenters. The highest BCUT2D eigenvalue weighted by atomic mass is 16.3. The Morgan fingerprint density at radius 2 is 2.00 bits per heavy atom. The Balaban J connectivity index is 2.77. The molecule has 1 rings (SSSR count). The molecule has 0 aliphatic rings. The molecule has 88 valence electrons. The Bertz CT molecular complexity index is 369. The van der Waals surface area contributed by atoms with E-state index in [4.69, 9.17) is 5.11 Å². The summed E-state index contributed by atoms with van der Waals surface area (Å²) in [6.45, 7) is 5.83. The maximum absolute atomic E-state index is 11.4. The van der Waals surface area contributed by atoms with Crippen molar-refractivity contribution in [2.75, 3.05) is 6.61 Å². The van der Waals surface area contributed by atoms with E-state index in [-0.39, 0.29) is 18.3 Å². The predicted octanol–water partition coefficient (Wildman–Crippen LogP) is 2.43. The van der Waals surface area contributed by atoms with Gasteiger partial charge in [-0.3, -0.25) is 4.79 Å². The van der Waals surface area contributed by atoms with Crippen molar-refractivity contribution in [1.29, 1.82) is 0 Å². The van der Waals surface area contributed by atoms with Crippen molar-refractivity contribution < 1.29 is 9.90 Å². The molecule has 0 bridgehead atoms. The highest BCUT2D eigenvalue weighted by molar-refractivity contribution is 5.78. The first kappa shape index (κ1) is 12.9. The van der Waals surface area contributed by atoms with Crippen LogP contribution < -0.4 is 0 Å². The first-order chi connectivity index (χ1) is 7.54. The molecule has 16 heavy (non-hydrogen) atoms. The smallest absolute Gasteiger partial charge is 0.133 e. The van der Waals surface area contributed by atoms with Gasteiger partial charge in [0.25, 0.3) is 0 Å². The molecule has 0 aliphatic heterocycles. The minimum atomic E-state index is -0.0490. The lowest BCUT2D eigenvalue weighted by atomic mass is 9.92. The highest BCUT2D eigenvalue weighted by Crippen LogP contribution is 2.16. The average molecular weight is 220 g/mol. The van der Waals surface area contributed by atoms with Crippen LogP contribution in [0, 0.1) is 19.8 Å². The number of rotatable bonds is 5. The summed E-state index contributed by atoms with van der Waals surface area (Å²) in [6, 6.07) is 6.28. The van der Waals surface area contributed by atoms with Crippen molar-refractivity contribution >= 4 is 5.78 Å². The molecule has 0 heterocycles. The fourth-order valence-corrected chi connectivity index (χ4v) is 1.82. The molecule has 0 spiro atoms. The van der Waals surface area contributed by atoms with Gasteiger partial charge in [0, 0.05) is 12.5 Å². The molecular weight excluding hydrogens is 200 g/mol. The van der Waals surface area contributed by atoms with Crippen molar-refractivity contribution in [3.8, 4) is 0 Å². The van der Waals surface area contributed by atoms with Gasteiger partial charge in [0.2, 0.25) is 0 Å². The highest BCUT2D eigenvalue weighted by Gasteiger charge is 2.14. The molecule has 1 unspecified atom stereocenters. The quantitative estimate of drug-likeness (QED) is 0.827. The maximum Gasteiger partial charge on any atom is 0.133 e. The number of aryl methyl sites for hydroxylation is 2. The SMILES string of the molecule is CC(=O)C(CCO)Cc1ccc(C)c(C)c1. The third-order valence-electron chi connectivity index (χ3n) is 3.11. The first-order valence-corrected chi connectivity index (χ1v) is 5.72. The summed E-state index contributed by atoms with van der Waals surface area (Å²) in [5.74, 6) is 0.111. The molecule has 0 saturated carbocycles. The van der Waals surface area contributed by atoms with Crippen molar-refractivity contribution in [2.24, 2.45) is 5.92 Å². The summed E-state index contributed by atoms with van der Waals surface area (Å²) in [4.78, 5) is 11.4. The number of hydrogen-bond acceptors (Lipinski definition) is 2. The van der Waals surface area contributed by atoms with Gasteiger partial charge in [0.05, 0.1) is 0 Å². The number of aliphatic hydroxyl groups excluding tert-OH is 1. The molecule has 0 saturated heterocycles. The average Bonchev–Trinajstić information content (AvgIpc) is 2.22. The number of carbonyl (C=O) groups is 1. The van der Waals surface area contributed by atoms with E-state index in [1.165, 1.54) is 16.7 Å². The van der Waals surface area contributed by atoms with Gasteiger partial charge < -0.3 is 5.11 Å². The molecule has 0 fully saturated rings. The van der Waals surface area contributed by atoms with Crippen molar-refractivity contribution in [1.82, 2.24) is 0 Å². The Kier molecular flexibility index (Phi) is 4.69. The number of benzene rings is 1. The monoisotopic (exact) mass is 220 g/mol. The summed E-state index contributed by atoms with van der Waals surface area (Å²) in [7, 11) is 0. The van der Waals surface area contributed by atoms with Gasteiger partial charge in [0.15, 0.2) is 0 Å². The molecule has 0 radical (unpaired) electrons.